The monoisotopic (exact) mass is 713 g/mol. The van der Waals surface area contributed by atoms with Gasteiger partial charge >= 0.3 is 11.0 Å². The van der Waals surface area contributed by atoms with Gasteiger partial charge in [-0.1, -0.05) is 83.6 Å². The Bertz CT molecular complexity index is 2000. The van der Waals surface area contributed by atoms with Gasteiger partial charge in [0.1, 0.15) is 17.4 Å². The number of anilines is 2. The second-order valence-corrected chi connectivity index (χ2v) is 13.8. The molecule has 5 N–H and O–H groups in total. The molecule has 5 aromatic rings. The van der Waals surface area contributed by atoms with E-state index in [1.165, 1.54) is 0 Å². The number of aromatic nitrogens is 1. The molecule has 1 aliphatic heterocycles. The second kappa shape index (κ2) is 16.4. The first-order chi connectivity index (χ1) is 24.2. The van der Waals surface area contributed by atoms with E-state index in [1.807, 2.05) is 79.7 Å². The van der Waals surface area contributed by atoms with Crippen LogP contribution in [0.2, 0.25) is 5.02 Å². The van der Waals surface area contributed by atoms with Crippen LogP contribution >= 0.6 is 22.9 Å². The number of hydrogen-bond donors (Lipinski definition) is 5. The van der Waals surface area contributed by atoms with Crippen molar-refractivity contribution in [2.24, 2.45) is 0 Å². The van der Waals surface area contributed by atoms with Gasteiger partial charge in [0.05, 0.1) is 21.1 Å². The number of amides is 2. The van der Waals surface area contributed by atoms with Gasteiger partial charge in [0.25, 0.3) is 0 Å². The number of phenolic OH excluding ortho intramolecular Hbond substituents is 1. The van der Waals surface area contributed by atoms with E-state index in [0.29, 0.717) is 67.2 Å². The molecule has 1 saturated heterocycles. The Morgan fingerprint density at radius 2 is 1.78 bits per heavy atom. The first-order valence-corrected chi connectivity index (χ1v) is 17.9. The summed E-state index contributed by atoms with van der Waals surface area (Å²) in [6, 6.07) is 24.9. The molecule has 0 saturated carbocycles. The maximum atomic E-state index is 12.9. The number of H-pyrrole nitrogens is 1. The molecular weight excluding hydrogens is 674 g/mol. The number of rotatable bonds is 12. The lowest BCUT2D eigenvalue weighted by Gasteiger charge is -2.31. The number of hydrogen-bond acceptors (Lipinski definition) is 8. The van der Waals surface area contributed by atoms with E-state index in [1.54, 1.807) is 6.07 Å². The summed E-state index contributed by atoms with van der Waals surface area (Å²) in [5, 5.41) is 19.8. The molecule has 10 nitrogen and oxygen atoms in total. The Morgan fingerprint density at radius 1 is 1.02 bits per heavy atom. The van der Waals surface area contributed by atoms with E-state index < -0.39 is 6.09 Å². The molecule has 6 rings (SSSR count). The lowest BCUT2D eigenvalue weighted by atomic mass is 10.0. The van der Waals surface area contributed by atoms with Crippen LogP contribution < -0.4 is 20.8 Å². The fourth-order valence-electron chi connectivity index (χ4n) is 6.27. The average molecular weight is 714 g/mol. The van der Waals surface area contributed by atoms with Gasteiger partial charge < -0.3 is 30.4 Å². The van der Waals surface area contributed by atoms with Gasteiger partial charge in [-0.2, -0.15) is 0 Å². The first kappa shape index (κ1) is 35.2. The number of benzene rings is 4. The van der Waals surface area contributed by atoms with Gasteiger partial charge in [-0.05, 0) is 73.2 Å². The molecule has 0 bridgehead atoms. The molecule has 2 amide bonds. The Morgan fingerprint density at radius 3 is 2.56 bits per heavy atom. The molecule has 12 heteroatoms. The summed E-state index contributed by atoms with van der Waals surface area (Å²) in [7, 11) is 0. The number of para-hydroxylation sites is 1. The van der Waals surface area contributed by atoms with Gasteiger partial charge in [0.15, 0.2) is 0 Å². The van der Waals surface area contributed by atoms with Crippen LogP contribution in [0.4, 0.5) is 16.2 Å². The SMILES string of the molecule is Cc1cc(CNCCc2ccc(O)c3[nH]c(=O)sc23)cc(Cl)c1NC(=O)CCN1CCC(OC(=O)Nc2ccccc2-c2ccccc2)CC1. The highest BCUT2D eigenvalue weighted by Gasteiger charge is 2.23. The van der Waals surface area contributed by atoms with E-state index in [2.05, 4.69) is 25.8 Å². The number of aromatic hydroxyl groups is 1. The molecule has 1 fully saturated rings. The topological polar surface area (TPSA) is 136 Å². The van der Waals surface area contributed by atoms with Crippen molar-refractivity contribution in [2.75, 3.05) is 36.8 Å². The van der Waals surface area contributed by atoms with E-state index >= 15 is 0 Å². The highest BCUT2D eigenvalue weighted by atomic mass is 35.5. The van der Waals surface area contributed by atoms with Crippen molar-refractivity contribution in [1.29, 1.82) is 0 Å². The first-order valence-electron chi connectivity index (χ1n) is 16.7. The second-order valence-electron chi connectivity index (χ2n) is 12.4. The normalized spacial score (nSPS) is 13.7. The van der Waals surface area contributed by atoms with Crippen molar-refractivity contribution < 1.29 is 19.4 Å². The lowest BCUT2D eigenvalue weighted by molar-refractivity contribution is -0.116. The summed E-state index contributed by atoms with van der Waals surface area (Å²) in [5.74, 6) is -0.0364. The number of piperidine rings is 1. The smallest absolute Gasteiger partial charge is 0.411 e. The third kappa shape index (κ3) is 8.91. The number of thiazole rings is 1. The van der Waals surface area contributed by atoms with Crippen LogP contribution in [0.25, 0.3) is 21.3 Å². The summed E-state index contributed by atoms with van der Waals surface area (Å²) in [5.41, 5.74) is 6.61. The van der Waals surface area contributed by atoms with Gasteiger partial charge in [0.2, 0.25) is 5.91 Å². The lowest BCUT2D eigenvalue weighted by Crippen LogP contribution is -2.39. The zero-order chi connectivity index (χ0) is 35.0. The Kier molecular flexibility index (Phi) is 11.5. The highest BCUT2D eigenvalue weighted by Crippen LogP contribution is 2.30. The molecule has 0 radical (unpaired) electrons. The maximum absolute atomic E-state index is 12.9. The van der Waals surface area contributed by atoms with Gasteiger partial charge in [0, 0.05) is 38.2 Å². The fourth-order valence-corrected chi connectivity index (χ4v) is 7.50. The largest absolute Gasteiger partial charge is 0.506 e. The summed E-state index contributed by atoms with van der Waals surface area (Å²) >= 11 is 7.71. The minimum absolute atomic E-state index is 0.0720. The number of nitrogens with one attached hydrogen (secondary N) is 4. The Labute approximate surface area is 299 Å². The minimum atomic E-state index is -0.465. The fraction of sp³-hybridized carbons (Fsp3) is 0.289. The number of carbonyl (C=O) groups excluding carboxylic acids is 2. The standard InChI is InChI=1S/C38H40ClN5O5S/c1-24-21-25(23-40-17-13-27-11-12-32(45)35-36(27)50-38(48)43-35)22-30(39)34(24)42-33(46)16-20-44-18-14-28(15-19-44)49-37(47)41-31-10-6-5-9-29(31)26-7-3-2-4-8-26/h2-12,21-22,28,40,45H,13-20,23H2,1H3,(H,41,47)(H,42,46)(H,43,48). The molecule has 260 valence electrons. The number of carbonyl (C=O) groups is 2. The highest BCUT2D eigenvalue weighted by molar-refractivity contribution is 7.16. The number of ether oxygens (including phenoxy) is 1. The third-order valence-corrected chi connectivity index (χ3v) is 10.1. The molecule has 0 unspecified atom stereocenters. The van der Waals surface area contributed by atoms with Crippen LogP contribution in [0.5, 0.6) is 5.75 Å². The Balaban J connectivity index is 0.912. The Hall–Kier alpha value is -4.68. The zero-order valence-electron chi connectivity index (χ0n) is 27.8. The van der Waals surface area contributed by atoms with Gasteiger partial charge in [-0.3, -0.25) is 14.9 Å². The van der Waals surface area contributed by atoms with Crippen molar-refractivity contribution in [2.45, 2.75) is 45.3 Å². The summed E-state index contributed by atoms with van der Waals surface area (Å²) in [6.45, 7) is 5.24. The van der Waals surface area contributed by atoms with Crippen LogP contribution in [0.3, 0.4) is 0 Å². The summed E-state index contributed by atoms with van der Waals surface area (Å²) < 4.78 is 6.53. The number of likely N-dealkylation sites (tertiary alicyclic amines) is 1. The van der Waals surface area contributed by atoms with E-state index in [-0.39, 0.29) is 22.6 Å². The average Bonchev–Trinajstić information content (AvgIpc) is 3.52. The number of halogens is 1. The van der Waals surface area contributed by atoms with E-state index in [9.17, 15) is 19.5 Å². The van der Waals surface area contributed by atoms with Crippen molar-refractivity contribution in [3.05, 3.63) is 110 Å². The van der Waals surface area contributed by atoms with Crippen LogP contribution in [-0.2, 0) is 22.5 Å². The number of phenols is 1. The third-order valence-electron chi connectivity index (χ3n) is 8.86. The molecule has 50 heavy (non-hydrogen) atoms. The van der Waals surface area contributed by atoms with Crippen LogP contribution in [0, 0.1) is 6.92 Å². The van der Waals surface area contributed by atoms with E-state index in [4.69, 9.17) is 16.3 Å². The molecule has 0 spiro atoms. The van der Waals surface area contributed by atoms with Crippen molar-refractivity contribution >= 4 is 56.5 Å². The molecule has 0 atom stereocenters. The molecular formula is C38H40ClN5O5S. The number of fused-ring (bicyclic) bond motifs is 1. The predicted octanol–water partition coefficient (Wildman–Crippen LogP) is 7.30. The summed E-state index contributed by atoms with van der Waals surface area (Å²) in [4.78, 5) is 42.1. The van der Waals surface area contributed by atoms with Crippen molar-refractivity contribution in [3.8, 4) is 16.9 Å². The van der Waals surface area contributed by atoms with Gasteiger partial charge in [-0.15, -0.1) is 0 Å². The molecule has 0 aliphatic carbocycles. The minimum Gasteiger partial charge on any atom is -0.506 e. The predicted molar refractivity (Wildman–Crippen MR) is 200 cm³/mol. The number of aryl methyl sites for hydroxylation is 1. The van der Waals surface area contributed by atoms with Crippen LogP contribution in [-0.4, -0.2) is 59.3 Å². The summed E-state index contributed by atoms with van der Waals surface area (Å²) in [6.07, 6.45) is 1.75. The van der Waals surface area contributed by atoms with Crippen molar-refractivity contribution in [3.63, 3.8) is 0 Å². The quantitative estimate of drug-likeness (QED) is 0.0857. The van der Waals surface area contributed by atoms with Crippen molar-refractivity contribution in [1.82, 2.24) is 15.2 Å². The number of aromatic amines is 1. The molecule has 2 heterocycles. The zero-order valence-corrected chi connectivity index (χ0v) is 29.3. The van der Waals surface area contributed by atoms with Gasteiger partial charge in [-0.25, -0.2) is 4.79 Å². The van der Waals surface area contributed by atoms with Crippen LogP contribution in [0.15, 0.2) is 83.7 Å². The molecule has 4 aromatic carbocycles. The molecule has 1 aromatic heterocycles. The van der Waals surface area contributed by atoms with Crippen LogP contribution in [0.1, 0.15) is 36.0 Å². The molecule has 1 aliphatic rings. The van der Waals surface area contributed by atoms with E-state index in [0.717, 1.165) is 56.9 Å². The number of nitrogens with zero attached hydrogens (tertiary/aromatic N) is 1. The maximum Gasteiger partial charge on any atom is 0.411 e.